The zero-order valence-electron chi connectivity index (χ0n) is 26.3. The number of carbonyl (C=O) groups excluding carboxylic acids is 1. The van der Waals surface area contributed by atoms with E-state index in [9.17, 15) is 4.79 Å². The molecule has 0 aromatic heterocycles. The highest BCUT2D eigenvalue weighted by molar-refractivity contribution is 5.71. The minimum Gasteiger partial charge on any atom is -0.465 e. The first-order chi connectivity index (χ1) is 18.2. The molecule has 0 spiro atoms. The SMILES string of the molecule is CCCCCCCCCCCCCCCCC(C)C(=O)OCC(CCCCCC)CCCCCCCC. The van der Waals surface area contributed by atoms with E-state index in [1.807, 2.05) is 0 Å². The van der Waals surface area contributed by atoms with Crippen molar-refractivity contribution in [2.45, 2.75) is 201 Å². The number of ether oxygens (including phenoxy) is 1. The largest absolute Gasteiger partial charge is 0.465 e. The van der Waals surface area contributed by atoms with Crippen LogP contribution in [-0.4, -0.2) is 12.6 Å². The Balaban J connectivity index is 3.82. The van der Waals surface area contributed by atoms with E-state index in [1.54, 1.807) is 0 Å². The highest BCUT2D eigenvalue weighted by atomic mass is 16.5. The van der Waals surface area contributed by atoms with Gasteiger partial charge >= 0.3 is 5.97 Å². The molecule has 0 saturated carbocycles. The molecular weight excluding hydrogens is 452 g/mol. The van der Waals surface area contributed by atoms with Crippen LogP contribution >= 0.6 is 0 Å². The summed E-state index contributed by atoms with van der Waals surface area (Å²) in [5, 5.41) is 0. The van der Waals surface area contributed by atoms with Gasteiger partial charge in [0.1, 0.15) is 0 Å². The van der Waals surface area contributed by atoms with Gasteiger partial charge in [-0.3, -0.25) is 4.79 Å². The maximum atomic E-state index is 12.6. The lowest BCUT2D eigenvalue weighted by Gasteiger charge is -2.19. The number of hydrogen-bond donors (Lipinski definition) is 0. The molecule has 0 aliphatic carbocycles. The molecule has 0 aromatic carbocycles. The maximum Gasteiger partial charge on any atom is 0.308 e. The zero-order valence-corrected chi connectivity index (χ0v) is 26.3. The summed E-state index contributed by atoms with van der Waals surface area (Å²) < 4.78 is 5.85. The molecule has 0 heterocycles. The van der Waals surface area contributed by atoms with Gasteiger partial charge < -0.3 is 4.74 Å². The topological polar surface area (TPSA) is 26.3 Å². The van der Waals surface area contributed by atoms with E-state index in [0.29, 0.717) is 12.5 Å². The summed E-state index contributed by atoms with van der Waals surface area (Å²) in [7, 11) is 0. The second-order valence-corrected chi connectivity index (χ2v) is 12.2. The summed E-state index contributed by atoms with van der Waals surface area (Å²) in [6.45, 7) is 9.58. The molecule has 0 N–H and O–H groups in total. The number of unbranched alkanes of at least 4 members (excludes halogenated alkanes) is 21. The van der Waals surface area contributed by atoms with Crippen molar-refractivity contribution >= 4 is 5.97 Å². The Morgan fingerprint density at radius 1 is 0.459 bits per heavy atom. The molecule has 37 heavy (non-hydrogen) atoms. The first kappa shape index (κ1) is 36.5. The molecule has 0 radical (unpaired) electrons. The zero-order chi connectivity index (χ0) is 27.2. The van der Waals surface area contributed by atoms with Gasteiger partial charge in [-0.05, 0) is 25.2 Å². The molecule has 0 rings (SSSR count). The molecule has 222 valence electrons. The highest BCUT2D eigenvalue weighted by Gasteiger charge is 2.17. The fourth-order valence-corrected chi connectivity index (χ4v) is 5.49. The predicted molar refractivity (Wildman–Crippen MR) is 165 cm³/mol. The molecule has 2 unspecified atom stereocenters. The lowest BCUT2D eigenvalue weighted by molar-refractivity contribution is -0.149. The molecule has 0 amide bonds. The fraction of sp³-hybridized carbons (Fsp3) is 0.971. The standard InChI is InChI=1S/C35H70O2/c1-5-8-11-14-16-17-18-19-20-21-22-23-24-26-29-33(4)35(36)37-32-34(30-27-13-10-7-3)31-28-25-15-12-9-6-2/h33-34H,5-32H2,1-4H3. The molecule has 0 aliphatic rings. The van der Waals surface area contributed by atoms with Crippen LogP contribution in [0.1, 0.15) is 201 Å². The van der Waals surface area contributed by atoms with Gasteiger partial charge in [0, 0.05) is 0 Å². The summed E-state index contributed by atoms with van der Waals surface area (Å²) >= 11 is 0. The lowest BCUT2D eigenvalue weighted by atomic mass is 9.95. The third-order valence-electron chi connectivity index (χ3n) is 8.29. The Morgan fingerprint density at radius 3 is 1.14 bits per heavy atom. The minimum atomic E-state index is 0.0520. The van der Waals surface area contributed by atoms with Crippen molar-refractivity contribution < 1.29 is 9.53 Å². The summed E-state index contributed by atoms with van der Waals surface area (Å²) in [4.78, 5) is 12.6. The number of esters is 1. The normalized spacial score (nSPS) is 13.1. The fourth-order valence-electron chi connectivity index (χ4n) is 5.49. The van der Waals surface area contributed by atoms with E-state index in [2.05, 4.69) is 27.7 Å². The molecule has 2 heteroatoms. The van der Waals surface area contributed by atoms with E-state index >= 15 is 0 Å². The van der Waals surface area contributed by atoms with Crippen LogP contribution < -0.4 is 0 Å². The van der Waals surface area contributed by atoms with E-state index in [1.165, 1.54) is 167 Å². The van der Waals surface area contributed by atoms with Crippen LogP contribution in [0.3, 0.4) is 0 Å². The number of carbonyl (C=O) groups is 1. The van der Waals surface area contributed by atoms with Gasteiger partial charge in [-0.25, -0.2) is 0 Å². The molecule has 2 nitrogen and oxygen atoms in total. The van der Waals surface area contributed by atoms with Crippen molar-refractivity contribution in [1.82, 2.24) is 0 Å². The highest BCUT2D eigenvalue weighted by Crippen LogP contribution is 2.21. The third kappa shape index (κ3) is 26.8. The molecular formula is C35H70O2. The number of hydrogen-bond acceptors (Lipinski definition) is 2. The van der Waals surface area contributed by atoms with Gasteiger partial charge in [0.2, 0.25) is 0 Å². The van der Waals surface area contributed by atoms with E-state index in [-0.39, 0.29) is 11.9 Å². The van der Waals surface area contributed by atoms with Gasteiger partial charge in [-0.1, -0.05) is 182 Å². The quantitative estimate of drug-likeness (QED) is 0.0692. The average molecular weight is 523 g/mol. The van der Waals surface area contributed by atoms with Crippen molar-refractivity contribution in [1.29, 1.82) is 0 Å². The van der Waals surface area contributed by atoms with Crippen molar-refractivity contribution in [3.05, 3.63) is 0 Å². The van der Waals surface area contributed by atoms with Crippen LogP contribution in [0.5, 0.6) is 0 Å². The van der Waals surface area contributed by atoms with E-state index < -0.39 is 0 Å². The molecule has 0 saturated heterocycles. The van der Waals surface area contributed by atoms with E-state index in [4.69, 9.17) is 4.74 Å². The van der Waals surface area contributed by atoms with Crippen molar-refractivity contribution in [2.75, 3.05) is 6.61 Å². The minimum absolute atomic E-state index is 0.0520. The van der Waals surface area contributed by atoms with Crippen molar-refractivity contribution in [2.24, 2.45) is 11.8 Å². The van der Waals surface area contributed by atoms with Crippen LogP contribution in [-0.2, 0) is 9.53 Å². The second kappa shape index (κ2) is 30.0. The van der Waals surface area contributed by atoms with Gasteiger partial charge in [0.05, 0.1) is 12.5 Å². The van der Waals surface area contributed by atoms with Gasteiger partial charge in [0.15, 0.2) is 0 Å². The van der Waals surface area contributed by atoms with Crippen LogP contribution in [0.15, 0.2) is 0 Å². The van der Waals surface area contributed by atoms with Crippen LogP contribution in [0, 0.1) is 11.8 Å². The maximum absolute atomic E-state index is 12.6. The Kier molecular flexibility index (Phi) is 29.6. The van der Waals surface area contributed by atoms with Gasteiger partial charge in [-0.15, -0.1) is 0 Å². The second-order valence-electron chi connectivity index (χ2n) is 12.2. The first-order valence-electron chi connectivity index (χ1n) is 17.3. The van der Waals surface area contributed by atoms with Gasteiger partial charge in [-0.2, -0.15) is 0 Å². The Bertz CT molecular complexity index is 447. The first-order valence-corrected chi connectivity index (χ1v) is 17.3. The van der Waals surface area contributed by atoms with Crippen molar-refractivity contribution in [3.63, 3.8) is 0 Å². The number of rotatable bonds is 30. The summed E-state index contributed by atoms with van der Waals surface area (Å²) in [5.41, 5.74) is 0. The summed E-state index contributed by atoms with van der Waals surface area (Å²) in [6.07, 6.45) is 36.1. The molecule has 0 aliphatic heterocycles. The summed E-state index contributed by atoms with van der Waals surface area (Å²) in [6, 6.07) is 0. The predicted octanol–water partition coefficient (Wildman–Crippen LogP) is 12.4. The summed E-state index contributed by atoms with van der Waals surface area (Å²) in [5.74, 6) is 0.684. The Morgan fingerprint density at radius 2 is 0.757 bits per heavy atom. The van der Waals surface area contributed by atoms with Gasteiger partial charge in [0.25, 0.3) is 0 Å². The van der Waals surface area contributed by atoms with Crippen LogP contribution in [0.25, 0.3) is 0 Å². The average Bonchev–Trinajstić information content (AvgIpc) is 2.90. The van der Waals surface area contributed by atoms with Crippen molar-refractivity contribution in [3.8, 4) is 0 Å². The van der Waals surface area contributed by atoms with E-state index in [0.717, 1.165) is 6.42 Å². The molecule has 2 atom stereocenters. The van der Waals surface area contributed by atoms with Crippen LogP contribution in [0.4, 0.5) is 0 Å². The molecule has 0 bridgehead atoms. The monoisotopic (exact) mass is 523 g/mol. The molecule has 0 fully saturated rings. The lowest BCUT2D eigenvalue weighted by Crippen LogP contribution is -2.20. The Labute approximate surface area is 234 Å². The Hall–Kier alpha value is -0.530. The molecule has 0 aromatic rings. The smallest absolute Gasteiger partial charge is 0.308 e. The van der Waals surface area contributed by atoms with Crippen LogP contribution in [0.2, 0.25) is 0 Å². The third-order valence-corrected chi connectivity index (χ3v) is 8.29.